The Kier molecular flexibility index (Phi) is 4.36. The van der Waals surface area contributed by atoms with Gasteiger partial charge in [-0.15, -0.1) is 0 Å². The van der Waals surface area contributed by atoms with Crippen LogP contribution in [0.2, 0.25) is 0 Å². The zero-order valence-electron chi connectivity index (χ0n) is 10.1. The van der Waals surface area contributed by atoms with Gasteiger partial charge in [0.15, 0.2) is 0 Å². The van der Waals surface area contributed by atoms with Crippen LogP contribution in [-0.2, 0) is 4.74 Å². The average Bonchev–Trinajstić information content (AvgIpc) is 2.42. The Morgan fingerprint density at radius 2 is 2.28 bits per heavy atom. The largest absolute Gasteiger partial charge is 0.480 e. The monoisotopic (exact) mass is 317 g/mol. The third kappa shape index (κ3) is 2.90. The van der Waals surface area contributed by atoms with Gasteiger partial charge in [0.05, 0.1) is 29.9 Å². The van der Waals surface area contributed by atoms with E-state index in [2.05, 4.69) is 31.2 Å². The molecule has 0 radical (unpaired) electrons. The number of methoxy groups -OCH3 is 1. The third-order valence-corrected chi connectivity index (χ3v) is 3.58. The maximum absolute atomic E-state index is 9.57. The first-order valence-electron chi connectivity index (χ1n) is 5.72. The molecule has 2 rings (SSSR count). The van der Waals surface area contributed by atoms with E-state index >= 15 is 0 Å². The topological polar surface area (TPSA) is 76.5 Å². The van der Waals surface area contributed by atoms with Gasteiger partial charge in [-0.05, 0) is 28.8 Å². The van der Waals surface area contributed by atoms with Crippen molar-refractivity contribution in [2.24, 2.45) is 0 Å². The highest BCUT2D eigenvalue weighted by Crippen LogP contribution is 2.27. The van der Waals surface area contributed by atoms with Gasteiger partial charge >= 0.3 is 0 Å². The summed E-state index contributed by atoms with van der Waals surface area (Å²) in [7, 11) is 1.55. The first kappa shape index (κ1) is 13.5. The highest BCUT2D eigenvalue weighted by Gasteiger charge is 2.32. The molecule has 1 aliphatic heterocycles. The van der Waals surface area contributed by atoms with Crippen molar-refractivity contribution in [1.82, 2.24) is 9.97 Å². The quantitative estimate of drug-likeness (QED) is 0.869. The molecule has 0 amide bonds. The minimum atomic E-state index is -0.406. The van der Waals surface area contributed by atoms with E-state index in [1.54, 1.807) is 13.3 Å². The number of nitrogens with zero attached hydrogens (tertiary/aromatic N) is 2. The van der Waals surface area contributed by atoms with Crippen LogP contribution >= 0.6 is 15.9 Å². The van der Waals surface area contributed by atoms with Crippen molar-refractivity contribution < 1.29 is 14.6 Å². The van der Waals surface area contributed by atoms with Gasteiger partial charge in [0.25, 0.3) is 0 Å². The van der Waals surface area contributed by atoms with Crippen LogP contribution in [0.25, 0.3) is 0 Å². The van der Waals surface area contributed by atoms with Crippen LogP contribution in [0.4, 0.5) is 5.95 Å². The Morgan fingerprint density at radius 3 is 2.89 bits per heavy atom. The lowest BCUT2D eigenvalue weighted by atomic mass is 9.91. The second-order valence-corrected chi connectivity index (χ2v) is 5.08. The summed E-state index contributed by atoms with van der Waals surface area (Å²) < 4.78 is 11.1. The van der Waals surface area contributed by atoms with E-state index in [-0.39, 0.29) is 6.61 Å². The van der Waals surface area contributed by atoms with Crippen LogP contribution in [0, 0.1) is 0 Å². The van der Waals surface area contributed by atoms with Crippen LogP contribution < -0.4 is 10.1 Å². The summed E-state index contributed by atoms with van der Waals surface area (Å²) in [6, 6.07) is 0. The molecule has 0 spiro atoms. The number of ether oxygens (including phenoxy) is 2. The van der Waals surface area contributed by atoms with Gasteiger partial charge in [-0.25, -0.2) is 4.98 Å². The summed E-state index contributed by atoms with van der Waals surface area (Å²) in [5, 5.41) is 12.8. The molecule has 1 fully saturated rings. The molecular weight excluding hydrogens is 302 g/mol. The summed E-state index contributed by atoms with van der Waals surface area (Å²) in [6.45, 7) is 1.28. The molecule has 0 bridgehead atoms. The highest BCUT2D eigenvalue weighted by atomic mass is 79.9. The van der Waals surface area contributed by atoms with E-state index in [1.165, 1.54) is 0 Å². The second-order valence-electron chi connectivity index (χ2n) is 4.23. The predicted octanol–water partition coefficient (Wildman–Crippen LogP) is 1.20. The molecule has 100 valence electrons. The zero-order chi connectivity index (χ0) is 13.0. The fourth-order valence-electron chi connectivity index (χ4n) is 1.88. The van der Waals surface area contributed by atoms with E-state index in [0.29, 0.717) is 29.5 Å². The molecule has 2 heterocycles. The molecule has 1 aliphatic rings. The van der Waals surface area contributed by atoms with Crippen LogP contribution in [0.15, 0.2) is 10.7 Å². The van der Waals surface area contributed by atoms with E-state index in [9.17, 15) is 5.11 Å². The standard InChI is InChI=1S/C11H16BrN3O3/c1-17-9-8(12)6-13-10(14-9)15-11(7-16)2-4-18-5-3-11/h6,16H,2-5,7H2,1H3,(H,13,14,15). The van der Waals surface area contributed by atoms with Gasteiger partial charge in [0.2, 0.25) is 11.8 Å². The minimum absolute atomic E-state index is 0.0259. The fourth-order valence-corrected chi connectivity index (χ4v) is 2.23. The molecule has 0 aromatic carbocycles. The number of nitrogens with one attached hydrogen (secondary N) is 1. The number of anilines is 1. The summed E-state index contributed by atoms with van der Waals surface area (Å²) >= 11 is 3.30. The molecule has 1 aromatic heterocycles. The highest BCUT2D eigenvalue weighted by molar-refractivity contribution is 9.10. The molecule has 2 N–H and O–H groups in total. The lowest BCUT2D eigenvalue weighted by Gasteiger charge is -2.36. The van der Waals surface area contributed by atoms with Crippen molar-refractivity contribution in [1.29, 1.82) is 0 Å². The zero-order valence-corrected chi connectivity index (χ0v) is 11.7. The molecule has 7 heteroatoms. The van der Waals surface area contributed by atoms with Gasteiger partial charge in [0.1, 0.15) is 0 Å². The van der Waals surface area contributed by atoms with Crippen LogP contribution in [-0.4, -0.2) is 47.5 Å². The summed E-state index contributed by atoms with van der Waals surface area (Å²) in [6.07, 6.45) is 3.08. The van der Waals surface area contributed by atoms with Crippen molar-refractivity contribution in [3.8, 4) is 5.88 Å². The van der Waals surface area contributed by atoms with Gasteiger partial charge in [-0.1, -0.05) is 0 Å². The predicted molar refractivity (Wildman–Crippen MR) is 69.8 cm³/mol. The molecule has 0 unspecified atom stereocenters. The smallest absolute Gasteiger partial charge is 0.232 e. The third-order valence-electron chi connectivity index (χ3n) is 3.03. The van der Waals surface area contributed by atoms with Crippen molar-refractivity contribution in [2.75, 3.05) is 32.2 Å². The SMILES string of the molecule is COc1nc(NC2(CO)CCOCC2)ncc1Br. The number of hydrogen-bond donors (Lipinski definition) is 2. The summed E-state index contributed by atoms with van der Waals surface area (Å²) in [5.41, 5.74) is -0.406. The maximum Gasteiger partial charge on any atom is 0.232 e. The molecule has 1 saturated heterocycles. The van der Waals surface area contributed by atoms with Gasteiger partial charge in [-0.3, -0.25) is 0 Å². The lowest BCUT2D eigenvalue weighted by molar-refractivity contribution is 0.0376. The van der Waals surface area contributed by atoms with E-state index in [0.717, 1.165) is 12.8 Å². The van der Waals surface area contributed by atoms with Gasteiger partial charge < -0.3 is 19.9 Å². The van der Waals surface area contributed by atoms with E-state index < -0.39 is 5.54 Å². The van der Waals surface area contributed by atoms with Crippen LogP contribution in [0.5, 0.6) is 5.88 Å². The maximum atomic E-state index is 9.57. The molecule has 1 aromatic rings. The molecular formula is C11H16BrN3O3. The molecule has 0 saturated carbocycles. The Labute approximate surface area is 114 Å². The second kappa shape index (κ2) is 5.81. The Hall–Kier alpha value is -0.920. The number of aliphatic hydroxyl groups excluding tert-OH is 1. The fraction of sp³-hybridized carbons (Fsp3) is 0.636. The van der Waals surface area contributed by atoms with Gasteiger partial charge in [0, 0.05) is 13.2 Å². The molecule has 0 aliphatic carbocycles. The van der Waals surface area contributed by atoms with Crippen molar-refractivity contribution >= 4 is 21.9 Å². The first-order chi connectivity index (χ1) is 8.69. The summed E-state index contributed by atoms with van der Waals surface area (Å²) in [5.74, 6) is 0.915. The lowest BCUT2D eigenvalue weighted by Crippen LogP contribution is -2.47. The van der Waals surface area contributed by atoms with Gasteiger partial charge in [-0.2, -0.15) is 4.98 Å². The average molecular weight is 318 g/mol. The number of hydrogen-bond acceptors (Lipinski definition) is 6. The Morgan fingerprint density at radius 1 is 1.56 bits per heavy atom. The van der Waals surface area contributed by atoms with Crippen LogP contribution in [0.1, 0.15) is 12.8 Å². The first-order valence-corrected chi connectivity index (χ1v) is 6.52. The number of halogens is 1. The number of rotatable bonds is 4. The normalized spacial score (nSPS) is 18.4. The van der Waals surface area contributed by atoms with Crippen molar-refractivity contribution in [3.63, 3.8) is 0 Å². The number of aliphatic hydroxyl groups is 1. The molecule has 18 heavy (non-hydrogen) atoms. The minimum Gasteiger partial charge on any atom is -0.480 e. The Balaban J connectivity index is 2.16. The van der Waals surface area contributed by atoms with E-state index in [4.69, 9.17) is 9.47 Å². The number of aromatic nitrogens is 2. The van der Waals surface area contributed by atoms with Crippen molar-refractivity contribution in [3.05, 3.63) is 10.7 Å². The van der Waals surface area contributed by atoms with Crippen molar-refractivity contribution in [2.45, 2.75) is 18.4 Å². The molecule has 0 atom stereocenters. The Bertz CT molecular complexity index is 411. The van der Waals surface area contributed by atoms with Crippen LogP contribution in [0.3, 0.4) is 0 Å². The summed E-state index contributed by atoms with van der Waals surface area (Å²) in [4.78, 5) is 8.41. The molecule has 6 nitrogen and oxygen atoms in total. The van der Waals surface area contributed by atoms with E-state index in [1.807, 2.05) is 0 Å².